The zero-order valence-electron chi connectivity index (χ0n) is 7.55. The van der Waals surface area contributed by atoms with Gasteiger partial charge >= 0.3 is 0 Å². The molecule has 0 amide bonds. The van der Waals surface area contributed by atoms with E-state index in [0.717, 1.165) is 18.8 Å². The van der Waals surface area contributed by atoms with Gasteiger partial charge in [0.25, 0.3) is 0 Å². The second-order valence-corrected chi connectivity index (χ2v) is 2.86. The van der Waals surface area contributed by atoms with Crippen LogP contribution in [-0.4, -0.2) is 11.7 Å². The van der Waals surface area contributed by atoms with Crippen molar-refractivity contribution in [3.05, 3.63) is 18.0 Å². The molecule has 1 aromatic heterocycles. The number of nitrogens with one attached hydrogen (secondary N) is 1. The summed E-state index contributed by atoms with van der Waals surface area (Å²) in [5, 5.41) is 6.91. The maximum Gasteiger partial charge on any atom is 0.150 e. The van der Waals surface area contributed by atoms with Gasteiger partial charge in [-0.05, 0) is 13.0 Å². The minimum absolute atomic E-state index is 0.795. The summed E-state index contributed by atoms with van der Waals surface area (Å²) in [6.45, 7) is 4.06. The average molecular weight is 168 g/mol. The lowest BCUT2D eigenvalue weighted by atomic mass is 10.2. The Hall–Kier alpha value is -0.830. The molecule has 0 spiro atoms. The van der Waals surface area contributed by atoms with Gasteiger partial charge in [0.2, 0.25) is 0 Å². The lowest BCUT2D eigenvalue weighted by molar-refractivity contribution is 0.372. The van der Waals surface area contributed by atoms with E-state index < -0.39 is 0 Å². The Balaban J connectivity index is 1.96. The molecule has 12 heavy (non-hydrogen) atoms. The molecule has 0 aromatic carbocycles. The molecule has 1 heterocycles. The summed E-state index contributed by atoms with van der Waals surface area (Å²) in [5.41, 5.74) is 0. The summed E-state index contributed by atoms with van der Waals surface area (Å²) in [5.74, 6) is 0.909. The predicted molar refractivity (Wildman–Crippen MR) is 47.7 cm³/mol. The quantitative estimate of drug-likeness (QED) is 0.660. The van der Waals surface area contributed by atoms with Crippen LogP contribution in [0.1, 0.15) is 31.9 Å². The van der Waals surface area contributed by atoms with E-state index in [1.807, 2.05) is 6.07 Å². The highest BCUT2D eigenvalue weighted by atomic mass is 16.5. The topological polar surface area (TPSA) is 38.1 Å². The predicted octanol–water partition coefficient (Wildman–Crippen LogP) is 1.95. The Morgan fingerprint density at radius 2 is 2.42 bits per heavy atom. The molecule has 0 aliphatic carbocycles. The third-order valence-corrected chi connectivity index (χ3v) is 1.75. The van der Waals surface area contributed by atoms with Crippen LogP contribution in [0.2, 0.25) is 0 Å². The minimum Gasteiger partial charge on any atom is -0.360 e. The first-order valence-electron chi connectivity index (χ1n) is 4.53. The normalized spacial score (nSPS) is 10.4. The molecule has 3 nitrogen and oxygen atoms in total. The molecule has 3 heteroatoms. The maximum absolute atomic E-state index is 4.93. The monoisotopic (exact) mass is 168 g/mol. The van der Waals surface area contributed by atoms with Crippen LogP contribution in [-0.2, 0) is 6.54 Å². The van der Waals surface area contributed by atoms with Crippen molar-refractivity contribution in [3.8, 4) is 0 Å². The van der Waals surface area contributed by atoms with Crippen LogP contribution in [0.4, 0.5) is 0 Å². The molecule has 0 radical (unpaired) electrons. The second kappa shape index (κ2) is 5.77. The summed E-state index contributed by atoms with van der Waals surface area (Å²) < 4.78 is 4.93. The Morgan fingerprint density at radius 3 is 3.08 bits per heavy atom. The average Bonchev–Trinajstić information content (AvgIpc) is 2.57. The molecular weight excluding hydrogens is 152 g/mol. The fourth-order valence-corrected chi connectivity index (χ4v) is 1.04. The van der Waals surface area contributed by atoms with Crippen molar-refractivity contribution in [3.63, 3.8) is 0 Å². The Morgan fingerprint density at radius 1 is 1.50 bits per heavy atom. The van der Waals surface area contributed by atoms with Crippen molar-refractivity contribution in [1.29, 1.82) is 0 Å². The van der Waals surface area contributed by atoms with Crippen LogP contribution in [0.5, 0.6) is 0 Å². The number of hydrogen-bond donors (Lipinski definition) is 1. The molecular formula is C9H16N2O. The largest absolute Gasteiger partial charge is 0.360 e. The van der Waals surface area contributed by atoms with Crippen LogP contribution in [0.3, 0.4) is 0 Å². The standard InChI is InChI=1S/C9H16N2O/c1-2-3-4-6-10-8-9-5-7-11-12-9/h5,7,10H,2-4,6,8H2,1H3. The van der Waals surface area contributed by atoms with E-state index in [0.29, 0.717) is 0 Å². The molecule has 0 fully saturated rings. The summed E-state index contributed by atoms with van der Waals surface area (Å²) >= 11 is 0. The molecule has 0 atom stereocenters. The molecule has 0 aliphatic rings. The Kier molecular flexibility index (Phi) is 4.46. The van der Waals surface area contributed by atoms with Gasteiger partial charge in [0.15, 0.2) is 0 Å². The van der Waals surface area contributed by atoms with Crippen LogP contribution in [0.15, 0.2) is 16.8 Å². The van der Waals surface area contributed by atoms with Crippen LogP contribution in [0, 0.1) is 0 Å². The third kappa shape index (κ3) is 3.53. The van der Waals surface area contributed by atoms with Crippen molar-refractivity contribution >= 4 is 0 Å². The van der Waals surface area contributed by atoms with Gasteiger partial charge in [-0.1, -0.05) is 24.9 Å². The molecule has 0 bridgehead atoms. The molecule has 0 unspecified atom stereocenters. The molecule has 0 aliphatic heterocycles. The van der Waals surface area contributed by atoms with Gasteiger partial charge in [0.05, 0.1) is 12.7 Å². The van der Waals surface area contributed by atoms with E-state index in [2.05, 4.69) is 17.4 Å². The molecule has 1 rings (SSSR count). The van der Waals surface area contributed by atoms with Gasteiger partial charge in [0.1, 0.15) is 5.76 Å². The van der Waals surface area contributed by atoms with E-state index >= 15 is 0 Å². The number of rotatable bonds is 6. The first-order valence-corrected chi connectivity index (χ1v) is 4.53. The van der Waals surface area contributed by atoms with Crippen molar-refractivity contribution in [2.75, 3.05) is 6.54 Å². The van der Waals surface area contributed by atoms with Gasteiger partial charge in [-0.3, -0.25) is 0 Å². The number of aromatic nitrogens is 1. The third-order valence-electron chi connectivity index (χ3n) is 1.75. The van der Waals surface area contributed by atoms with E-state index in [4.69, 9.17) is 4.52 Å². The van der Waals surface area contributed by atoms with Crippen LogP contribution in [0.25, 0.3) is 0 Å². The first kappa shape index (κ1) is 9.26. The SMILES string of the molecule is CCCCCNCc1ccno1. The van der Waals surface area contributed by atoms with Gasteiger partial charge in [-0.15, -0.1) is 0 Å². The fraction of sp³-hybridized carbons (Fsp3) is 0.667. The van der Waals surface area contributed by atoms with E-state index in [1.165, 1.54) is 19.3 Å². The summed E-state index contributed by atoms with van der Waals surface area (Å²) in [4.78, 5) is 0. The van der Waals surface area contributed by atoms with Gasteiger partial charge in [-0.25, -0.2) is 0 Å². The van der Waals surface area contributed by atoms with Gasteiger partial charge < -0.3 is 9.84 Å². The highest BCUT2D eigenvalue weighted by Gasteiger charge is 1.94. The summed E-state index contributed by atoms with van der Waals surface area (Å²) in [6, 6.07) is 1.88. The summed E-state index contributed by atoms with van der Waals surface area (Å²) in [6.07, 6.45) is 5.47. The van der Waals surface area contributed by atoms with E-state index in [9.17, 15) is 0 Å². The number of unbranched alkanes of at least 4 members (excludes halogenated alkanes) is 2. The molecule has 0 saturated heterocycles. The molecule has 0 saturated carbocycles. The van der Waals surface area contributed by atoms with E-state index in [-0.39, 0.29) is 0 Å². The first-order chi connectivity index (χ1) is 5.93. The smallest absolute Gasteiger partial charge is 0.150 e. The van der Waals surface area contributed by atoms with E-state index in [1.54, 1.807) is 6.20 Å². The molecule has 68 valence electrons. The summed E-state index contributed by atoms with van der Waals surface area (Å²) in [7, 11) is 0. The van der Waals surface area contributed by atoms with Crippen molar-refractivity contribution in [2.45, 2.75) is 32.7 Å². The van der Waals surface area contributed by atoms with Crippen molar-refractivity contribution in [2.24, 2.45) is 0 Å². The lowest BCUT2D eigenvalue weighted by Gasteiger charge is -1.99. The Labute approximate surface area is 73.1 Å². The van der Waals surface area contributed by atoms with Crippen molar-refractivity contribution < 1.29 is 4.52 Å². The number of hydrogen-bond acceptors (Lipinski definition) is 3. The second-order valence-electron chi connectivity index (χ2n) is 2.86. The van der Waals surface area contributed by atoms with Crippen LogP contribution < -0.4 is 5.32 Å². The van der Waals surface area contributed by atoms with Gasteiger partial charge in [-0.2, -0.15) is 0 Å². The van der Waals surface area contributed by atoms with Crippen LogP contribution >= 0.6 is 0 Å². The highest BCUT2D eigenvalue weighted by molar-refractivity contribution is 4.91. The lowest BCUT2D eigenvalue weighted by Crippen LogP contribution is -2.13. The molecule has 1 N–H and O–H groups in total. The molecule has 1 aromatic rings. The Bertz CT molecular complexity index is 184. The van der Waals surface area contributed by atoms with Gasteiger partial charge in [0, 0.05) is 6.07 Å². The fourth-order valence-electron chi connectivity index (χ4n) is 1.04. The zero-order valence-corrected chi connectivity index (χ0v) is 7.55. The number of nitrogens with zero attached hydrogens (tertiary/aromatic N) is 1. The minimum atomic E-state index is 0.795. The maximum atomic E-state index is 4.93. The highest BCUT2D eigenvalue weighted by Crippen LogP contribution is 1.96. The van der Waals surface area contributed by atoms with Crippen molar-refractivity contribution in [1.82, 2.24) is 10.5 Å². The zero-order chi connectivity index (χ0) is 8.65.